The number of anilines is 3. The number of para-hydroxylation sites is 2. The predicted octanol–water partition coefficient (Wildman–Crippen LogP) is 15.9. The summed E-state index contributed by atoms with van der Waals surface area (Å²) in [5.74, 6) is 0.672. The summed E-state index contributed by atoms with van der Waals surface area (Å²) in [4.78, 5) is 2.45. The lowest BCUT2D eigenvalue weighted by atomic mass is 9.82. The van der Waals surface area contributed by atoms with Crippen LogP contribution in [0.3, 0.4) is 0 Å². The molecule has 1 fully saturated rings. The first-order valence-corrected chi connectivity index (χ1v) is 21.5. The van der Waals surface area contributed by atoms with E-state index in [9.17, 15) is 0 Å². The van der Waals surface area contributed by atoms with E-state index in [1.807, 2.05) is 0 Å². The van der Waals surface area contributed by atoms with Crippen LogP contribution < -0.4 is 4.90 Å². The summed E-state index contributed by atoms with van der Waals surface area (Å²) in [5.41, 5.74) is 18.8. The van der Waals surface area contributed by atoms with E-state index in [1.165, 1.54) is 121 Å². The third-order valence-electron chi connectivity index (χ3n) is 13.4. The Bertz CT molecular complexity index is 2910. The lowest BCUT2D eigenvalue weighted by Crippen LogP contribution is -2.17. The van der Waals surface area contributed by atoms with Crippen molar-refractivity contribution >= 4 is 38.9 Å². The third-order valence-corrected chi connectivity index (χ3v) is 13.4. The average molecular weight is 761 g/mol. The lowest BCUT2D eigenvalue weighted by molar-refractivity contribution is 0.443. The molecular formula is C57H48N2. The van der Waals surface area contributed by atoms with Gasteiger partial charge in [-0.2, -0.15) is 0 Å². The molecule has 286 valence electrons. The quantitative estimate of drug-likeness (QED) is 0.157. The Balaban J connectivity index is 0.973. The van der Waals surface area contributed by atoms with Crippen LogP contribution in [0.15, 0.2) is 188 Å². The van der Waals surface area contributed by atoms with Crippen LogP contribution in [0.2, 0.25) is 0 Å². The summed E-state index contributed by atoms with van der Waals surface area (Å²) in [6.45, 7) is 4.80. The normalized spacial score (nSPS) is 14.7. The van der Waals surface area contributed by atoms with Gasteiger partial charge in [-0.25, -0.2) is 0 Å². The highest BCUT2D eigenvalue weighted by molar-refractivity contribution is 6.09. The molecular weight excluding hydrogens is 713 g/mol. The average Bonchev–Trinajstić information content (AvgIpc) is 3.75. The van der Waals surface area contributed by atoms with E-state index in [-0.39, 0.29) is 5.41 Å². The molecule has 0 aliphatic heterocycles. The molecule has 11 rings (SSSR count). The topological polar surface area (TPSA) is 8.17 Å². The van der Waals surface area contributed by atoms with Gasteiger partial charge in [-0.3, -0.25) is 0 Å². The molecule has 0 atom stereocenters. The van der Waals surface area contributed by atoms with Crippen molar-refractivity contribution in [2.45, 2.75) is 57.3 Å². The van der Waals surface area contributed by atoms with Gasteiger partial charge in [0.15, 0.2) is 0 Å². The molecule has 2 nitrogen and oxygen atoms in total. The molecule has 0 saturated heterocycles. The molecule has 0 N–H and O–H groups in total. The minimum absolute atomic E-state index is 0.193. The molecule has 1 heterocycles. The van der Waals surface area contributed by atoms with Gasteiger partial charge < -0.3 is 9.47 Å². The number of aromatic nitrogens is 1. The van der Waals surface area contributed by atoms with Crippen LogP contribution in [0.4, 0.5) is 17.1 Å². The zero-order chi connectivity index (χ0) is 39.5. The maximum Gasteiger partial charge on any atom is 0.0541 e. The molecule has 0 bridgehead atoms. The molecule has 0 spiro atoms. The summed E-state index contributed by atoms with van der Waals surface area (Å²) in [6, 6.07) is 70.0. The molecule has 0 amide bonds. The molecule has 0 radical (unpaired) electrons. The minimum atomic E-state index is -0.193. The molecule has 8 aromatic carbocycles. The highest BCUT2D eigenvalue weighted by Crippen LogP contribution is 2.52. The number of nitrogens with zero attached hydrogens (tertiary/aromatic N) is 2. The van der Waals surface area contributed by atoms with Crippen molar-refractivity contribution in [1.82, 2.24) is 4.57 Å². The van der Waals surface area contributed by atoms with E-state index in [0.717, 1.165) is 5.69 Å². The number of rotatable bonds is 7. The van der Waals surface area contributed by atoms with Gasteiger partial charge in [0.2, 0.25) is 0 Å². The Morgan fingerprint density at radius 3 is 1.53 bits per heavy atom. The summed E-state index contributed by atoms with van der Waals surface area (Å²) < 4.78 is 2.44. The van der Waals surface area contributed by atoms with Crippen LogP contribution in [0.25, 0.3) is 60.9 Å². The monoisotopic (exact) mass is 760 g/mol. The van der Waals surface area contributed by atoms with Gasteiger partial charge in [-0.15, -0.1) is 0 Å². The summed E-state index contributed by atoms with van der Waals surface area (Å²) in [5, 5.41) is 2.58. The van der Waals surface area contributed by atoms with Gasteiger partial charge in [0.05, 0.1) is 11.0 Å². The van der Waals surface area contributed by atoms with Gasteiger partial charge >= 0.3 is 0 Å². The Kier molecular flexibility index (Phi) is 8.62. The first-order valence-electron chi connectivity index (χ1n) is 21.5. The molecule has 2 aliphatic carbocycles. The maximum atomic E-state index is 2.46. The molecule has 0 unspecified atom stereocenters. The summed E-state index contributed by atoms with van der Waals surface area (Å²) in [6.07, 6.45) is 6.65. The van der Waals surface area contributed by atoms with Crippen molar-refractivity contribution in [1.29, 1.82) is 0 Å². The van der Waals surface area contributed by atoms with E-state index in [0.29, 0.717) is 5.92 Å². The van der Waals surface area contributed by atoms with Crippen LogP contribution in [-0.2, 0) is 5.41 Å². The predicted molar refractivity (Wildman–Crippen MR) is 250 cm³/mol. The van der Waals surface area contributed by atoms with Crippen LogP contribution >= 0.6 is 0 Å². The molecule has 1 aromatic heterocycles. The molecule has 2 heteroatoms. The van der Waals surface area contributed by atoms with Crippen LogP contribution in [-0.4, -0.2) is 4.57 Å². The molecule has 59 heavy (non-hydrogen) atoms. The highest BCUT2D eigenvalue weighted by Gasteiger charge is 2.36. The second-order valence-electron chi connectivity index (χ2n) is 17.2. The fourth-order valence-corrected chi connectivity index (χ4v) is 10.3. The Labute approximate surface area is 348 Å². The van der Waals surface area contributed by atoms with E-state index in [1.54, 1.807) is 0 Å². The largest absolute Gasteiger partial charge is 0.310 e. The van der Waals surface area contributed by atoms with Crippen molar-refractivity contribution in [2.75, 3.05) is 4.90 Å². The van der Waals surface area contributed by atoms with Crippen molar-refractivity contribution < 1.29 is 0 Å². The van der Waals surface area contributed by atoms with Crippen molar-refractivity contribution in [3.8, 4) is 39.1 Å². The Morgan fingerprint density at radius 1 is 0.441 bits per heavy atom. The molecule has 2 aliphatic rings. The van der Waals surface area contributed by atoms with Crippen molar-refractivity contribution in [3.63, 3.8) is 0 Å². The fourth-order valence-electron chi connectivity index (χ4n) is 10.3. The second kappa shape index (κ2) is 14.3. The minimum Gasteiger partial charge on any atom is -0.310 e. The van der Waals surface area contributed by atoms with Crippen LogP contribution in [0.1, 0.15) is 68.6 Å². The first-order chi connectivity index (χ1) is 29.0. The van der Waals surface area contributed by atoms with E-state index in [4.69, 9.17) is 0 Å². The smallest absolute Gasteiger partial charge is 0.0541 e. The Morgan fingerprint density at radius 2 is 0.915 bits per heavy atom. The highest BCUT2D eigenvalue weighted by atomic mass is 15.1. The zero-order valence-corrected chi connectivity index (χ0v) is 33.9. The van der Waals surface area contributed by atoms with Crippen molar-refractivity contribution in [3.05, 3.63) is 205 Å². The Hall–Kier alpha value is -6.64. The number of hydrogen-bond acceptors (Lipinski definition) is 1. The number of fused-ring (bicyclic) bond motifs is 6. The SMILES string of the molecule is CC1(C)c2cc(N(c3ccc(-c4ccc(-c5ccccc5)cc4)cc3)c3ccc(C4CCCCC4)cc3)ccc2-c2ccc(-n3c4ccccc4c4ccccc43)cc21. The molecule has 1 saturated carbocycles. The number of benzene rings is 8. The zero-order valence-electron chi connectivity index (χ0n) is 33.9. The fraction of sp³-hybridized carbons (Fsp3) is 0.158. The van der Waals surface area contributed by atoms with E-state index >= 15 is 0 Å². The van der Waals surface area contributed by atoms with Gasteiger partial charge in [0, 0.05) is 38.9 Å². The van der Waals surface area contributed by atoms with Gasteiger partial charge in [0.25, 0.3) is 0 Å². The van der Waals surface area contributed by atoms with E-state index < -0.39 is 0 Å². The maximum absolute atomic E-state index is 2.46. The molecule has 9 aromatic rings. The lowest BCUT2D eigenvalue weighted by Gasteiger charge is -2.29. The van der Waals surface area contributed by atoms with Gasteiger partial charge in [-0.05, 0) is 129 Å². The first kappa shape index (κ1) is 35.5. The van der Waals surface area contributed by atoms with Crippen LogP contribution in [0, 0.1) is 0 Å². The van der Waals surface area contributed by atoms with Gasteiger partial charge in [0.1, 0.15) is 0 Å². The van der Waals surface area contributed by atoms with Crippen molar-refractivity contribution in [2.24, 2.45) is 0 Å². The van der Waals surface area contributed by atoms with Crippen LogP contribution in [0.5, 0.6) is 0 Å². The number of hydrogen-bond donors (Lipinski definition) is 0. The second-order valence-corrected chi connectivity index (χ2v) is 17.2. The summed E-state index contributed by atoms with van der Waals surface area (Å²) >= 11 is 0. The van der Waals surface area contributed by atoms with Gasteiger partial charge in [-0.1, -0.05) is 161 Å². The summed E-state index contributed by atoms with van der Waals surface area (Å²) in [7, 11) is 0. The van der Waals surface area contributed by atoms with E-state index in [2.05, 4.69) is 211 Å². The standard InChI is InChI=1S/C57H48N2/c1-57(2)53-37-47(33-35-49(53)50-36-34-48(38-54(50)57)59-55-19-11-9-17-51(55)52-18-10-12-20-56(52)59)58(45-29-25-43(26-30-45)40-15-7-4-8-16-40)46-31-27-44(28-32-46)42-23-21-41(22-24-42)39-13-5-3-6-14-39/h3,5-6,9-14,17-38,40H,4,7-8,15-16H2,1-2H3. The third kappa shape index (κ3) is 6.09.